The Kier molecular flexibility index (Phi) is 4.45. The normalized spacial score (nSPS) is 17.7. The fourth-order valence-corrected chi connectivity index (χ4v) is 1.99. The minimum atomic E-state index is 0. The molecule has 1 rings (SSSR count). The van der Waals surface area contributed by atoms with E-state index in [9.17, 15) is 0 Å². The summed E-state index contributed by atoms with van der Waals surface area (Å²) in [6.45, 7) is 7.73. The largest absolute Gasteiger partial charge is 0.365 e. The Labute approximate surface area is 77.6 Å². The Bertz CT molecular complexity index is 145. The molecule has 0 bridgehead atoms. The maximum Gasteiger partial charge on any atom is 0.0680 e. The maximum atomic E-state index is 2.39. The highest BCUT2D eigenvalue weighted by molar-refractivity contribution is 8.93. The average molecular weight is 224 g/mol. The summed E-state index contributed by atoms with van der Waals surface area (Å²) < 4.78 is 0. The number of hydrogen-bond acceptors (Lipinski definition) is 2. The average Bonchev–Trinajstić information content (AvgIpc) is 2.15. The van der Waals surface area contributed by atoms with E-state index in [4.69, 9.17) is 0 Å². The third kappa shape index (κ3) is 1.92. The fourth-order valence-electron chi connectivity index (χ4n) is 0.927. The Morgan fingerprint density at radius 2 is 2.10 bits per heavy atom. The first-order valence-electron chi connectivity index (χ1n) is 3.31. The van der Waals surface area contributed by atoms with Gasteiger partial charge in [0.1, 0.15) is 0 Å². The minimum Gasteiger partial charge on any atom is -0.365 e. The molecule has 0 fully saturated rings. The smallest absolute Gasteiger partial charge is 0.0680 e. The molecule has 1 heterocycles. The van der Waals surface area contributed by atoms with Gasteiger partial charge >= 0.3 is 0 Å². The van der Waals surface area contributed by atoms with Crippen LogP contribution in [-0.2, 0) is 0 Å². The number of nitrogens with zero attached hydrogens (tertiary/aromatic N) is 1. The molecule has 1 aliphatic heterocycles. The summed E-state index contributed by atoms with van der Waals surface area (Å²) in [5.41, 5.74) is 1.46. The van der Waals surface area contributed by atoms with Crippen LogP contribution in [0.15, 0.2) is 10.6 Å². The molecule has 0 N–H and O–H groups in total. The SMILES string of the molecule is Br.CCN1CSC(C)=C1C. The standard InChI is InChI=1S/C7H13NS.BrH/c1-4-8-5-9-7(3)6(8)2;/h4-5H2,1-3H3;1H. The van der Waals surface area contributed by atoms with E-state index in [0.29, 0.717) is 0 Å². The monoisotopic (exact) mass is 223 g/mol. The number of hydrogen-bond donors (Lipinski definition) is 0. The molecule has 1 aliphatic rings. The summed E-state index contributed by atoms with van der Waals surface area (Å²) in [7, 11) is 0. The Hall–Kier alpha value is 0.370. The third-order valence-electron chi connectivity index (χ3n) is 1.80. The molecule has 0 aromatic carbocycles. The Morgan fingerprint density at radius 3 is 2.30 bits per heavy atom. The van der Waals surface area contributed by atoms with E-state index in [0.717, 1.165) is 12.4 Å². The van der Waals surface area contributed by atoms with E-state index in [2.05, 4.69) is 25.7 Å². The lowest BCUT2D eigenvalue weighted by Crippen LogP contribution is -2.16. The van der Waals surface area contributed by atoms with Crippen molar-refractivity contribution in [2.45, 2.75) is 20.8 Å². The second-order valence-corrected chi connectivity index (χ2v) is 3.43. The lowest BCUT2D eigenvalue weighted by atomic mass is 10.4. The summed E-state index contributed by atoms with van der Waals surface area (Å²) >= 11 is 1.94. The van der Waals surface area contributed by atoms with Crippen LogP contribution in [0.4, 0.5) is 0 Å². The minimum absolute atomic E-state index is 0. The van der Waals surface area contributed by atoms with Crippen molar-refractivity contribution < 1.29 is 0 Å². The van der Waals surface area contributed by atoms with Crippen LogP contribution in [0, 0.1) is 0 Å². The zero-order valence-corrected chi connectivity index (χ0v) is 9.21. The van der Waals surface area contributed by atoms with Crippen molar-refractivity contribution in [3.63, 3.8) is 0 Å². The maximum absolute atomic E-state index is 2.39. The molecule has 0 aromatic heterocycles. The van der Waals surface area contributed by atoms with E-state index < -0.39 is 0 Å². The first-order chi connectivity index (χ1) is 4.25. The van der Waals surface area contributed by atoms with Crippen LogP contribution >= 0.6 is 28.7 Å². The molecule has 0 atom stereocenters. The van der Waals surface area contributed by atoms with Gasteiger partial charge in [-0.05, 0) is 20.8 Å². The lowest BCUT2D eigenvalue weighted by molar-refractivity contribution is 0.433. The van der Waals surface area contributed by atoms with Crippen LogP contribution in [0.3, 0.4) is 0 Å². The molecule has 0 aliphatic carbocycles. The highest BCUT2D eigenvalue weighted by Crippen LogP contribution is 2.29. The molecule has 10 heavy (non-hydrogen) atoms. The molecular weight excluding hydrogens is 210 g/mol. The van der Waals surface area contributed by atoms with Crippen LogP contribution in [0.2, 0.25) is 0 Å². The highest BCUT2D eigenvalue weighted by atomic mass is 79.9. The van der Waals surface area contributed by atoms with Crippen LogP contribution < -0.4 is 0 Å². The predicted molar refractivity (Wildman–Crippen MR) is 53.5 cm³/mol. The van der Waals surface area contributed by atoms with E-state index in [-0.39, 0.29) is 17.0 Å². The molecule has 0 aromatic rings. The summed E-state index contributed by atoms with van der Waals surface area (Å²) in [5.74, 6) is 1.16. The van der Waals surface area contributed by atoms with E-state index >= 15 is 0 Å². The van der Waals surface area contributed by atoms with Gasteiger partial charge in [0.05, 0.1) is 5.88 Å². The van der Waals surface area contributed by atoms with Gasteiger partial charge in [-0.25, -0.2) is 0 Å². The van der Waals surface area contributed by atoms with E-state index in [1.165, 1.54) is 10.6 Å². The fraction of sp³-hybridized carbons (Fsp3) is 0.714. The molecule has 0 saturated carbocycles. The number of rotatable bonds is 1. The molecule has 0 radical (unpaired) electrons. The lowest BCUT2D eigenvalue weighted by Gasteiger charge is -2.15. The molecular formula is C7H14BrNS. The molecule has 0 amide bonds. The number of halogens is 1. The van der Waals surface area contributed by atoms with Crippen molar-refractivity contribution in [1.82, 2.24) is 4.90 Å². The third-order valence-corrected chi connectivity index (χ3v) is 2.97. The molecule has 1 nitrogen and oxygen atoms in total. The predicted octanol–water partition coefficient (Wildman–Crippen LogP) is 2.84. The van der Waals surface area contributed by atoms with Gasteiger partial charge in [-0.3, -0.25) is 0 Å². The van der Waals surface area contributed by atoms with Crippen LogP contribution in [0.5, 0.6) is 0 Å². The second kappa shape index (κ2) is 4.29. The van der Waals surface area contributed by atoms with Crippen LogP contribution in [0.1, 0.15) is 20.8 Å². The van der Waals surface area contributed by atoms with Crippen molar-refractivity contribution in [3.05, 3.63) is 10.6 Å². The Morgan fingerprint density at radius 1 is 1.50 bits per heavy atom. The van der Waals surface area contributed by atoms with Gasteiger partial charge in [0.15, 0.2) is 0 Å². The Balaban J connectivity index is 0.000000810. The van der Waals surface area contributed by atoms with Crippen LogP contribution in [-0.4, -0.2) is 17.3 Å². The molecule has 0 saturated heterocycles. The first-order valence-corrected chi connectivity index (χ1v) is 4.29. The van der Waals surface area contributed by atoms with Crippen molar-refractivity contribution in [3.8, 4) is 0 Å². The quantitative estimate of drug-likeness (QED) is 0.673. The molecule has 3 heteroatoms. The van der Waals surface area contributed by atoms with Gasteiger partial charge < -0.3 is 4.90 Å². The van der Waals surface area contributed by atoms with Crippen molar-refractivity contribution in [1.29, 1.82) is 0 Å². The van der Waals surface area contributed by atoms with Crippen molar-refractivity contribution >= 4 is 28.7 Å². The molecule has 0 spiro atoms. The topological polar surface area (TPSA) is 3.24 Å². The summed E-state index contributed by atoms with van der Waals surface area (Å²) in [5, 5.41) is 0. The summed E-state index contributed by atoms with van der Waals surface area (Å²) in [6.07, 6.45) is 0. The first kappa shape index (κ1) is 10.4. The number of allylic oxidation sites excluding steroid dienone is 2. The number of thioether (sulfide) groups is 1. The van der Waals surface area contributed by atoms with Crippen LogP contribution in [0.25, 0.3) is 0 Å². The van der Waals surface area contributed by atoms with Gasteiger partial charge in [0, 0.05) is 17.1 Å². The van der Waals surface area contributed by atoms with Gasteiger partial charge in [-0.1, -0.05) is 0 Å². The zero-order chi connectivity index (χ0) is 6.85. The van der Waals surface area contributed by atoms with Crippen molar-refractivity contribution in [2.24, 2.45) is 0 Å². The summed E-state index contributed by atoms with van der Waals surface area (Å²) in [6, 6.07) is 0. The zero-order valence-electron chi connectivity index (χ0n) is 6.68. The molecule has 60 valence electrons. The summed E-state index contributed by atoms with van der Waals surface area (Å²) in [4.78, 5) is 3.87. The van der Waals surface area contributed by atoms with Gasteiger partial charge in [-0.2, -0.15) is 0 Å². The van der Waals surface area contributed by atoms with E-state index in [1.807, 2.05) is 11.8 Å². The van der Waals surface area contributed by atoms with Gasteiger partial charge in [0.2, 0.25) is 0 Å². The van der Waals surface area contributed by atoms with Crippen molar-refractivity contribution in [2.75, 3.05) is 12.4 Å². The van der Waals surface area contributed by atoms with Gasteiger partial charge in [0.25, 0.3) is 0 Å². The van der Waals surface area contributed by atoms with E-state index in [1.54, 1.807) is 0 Å². The highest BCUT2D eigenvalue weighted by Gasteiger charge is 2.13. The second-order valence-electron chi connectivity index (χ2n) is 2.27. The van der Waals surface area contributed by atoms with Gasteiger partial charge in [-0.15, -0.1) is 28.7 Å². The molecule has 0 unspecified atom stereocenters.